The lowest BCUT2D eigenvalue weighted by molar-refractivity contribution is 0.0601. The molecule has 2 rings (SSSR count). The van der Waals surface area contributed by atoms with Gasteiger partial charge in [0.1, 0.15) is 0 Å². The van der Waals surface area contributed by atoms with Gasteiger partial charge in [-0.15, -0.1) is 0 Å². The molecule has 0 aromatic heterocycles. The molecule has 0 unspecified atom stereocenters. The highest BCUT2D eigenvalue weighted by atomic mass is 16.5. The molecular formula is C15H18O2. The van der Waals surface area contributed by atoms with Crippen LogP contribution >= 0.6 is 0 Å². The molecule has 0 aliphatic heterocycles. The third kappa shape index (κ3) is 2.96. The number of carbonyl (C=O) groups is 1. The summed E-state index contributed by atoms with van der Waals surface area (Å²) in [6.07, 6.45) is 8.54. The molecule has 0 spiro atoms. The van der Waals surface area contributed by atoms with Crippen LogP contribution in [0.3, 0.4) is 0 Å². The number of hydrogen-bond donors (Lipinski definition) is 0. The first kappa shape index (κ1) is 11.9. The first-order valence-electron chi connectivity index (χ1n) is 6.19. The fourth-order valence-corrected chi connectivity index (χ4v) is 2.22. The zero-order chi connectivity index (χ0) is 12.1. The largest absolute Gasteiger partial charge is 0.465 e. The van der Waals surface area contributed by atoms with Crippen LogP contribution in [0.15, 0.2) is 30.3 Å². The van der Waals surface area contributed by atoms with Crippen LogP contribution in [0.2, 0.25) is 0 Å². The van der Waals surface area contributed by atoms with E-state index in [4.69, 9.17) is 0 Å². The van der Waals surface area contributed by atoms with Crippen LogP contribution in [0.1, 0.15) is 48.0 Å². The van der Waals surface area contributed by atoms with E-state index in [1.165, 1.54) is 43.9 Å². The number of carbonyl (C=O) groups excluding carboxylic acids is 1. The molecule has 0 fully saturated rings. The van der Waals surface area contributed by atoms with E-state index in [9.17, 15) is 4.79 Å². The highest BCUT2D eigenvalue weighted by molar-refractivity contribution is 5.89. The van der Waals surface area contributed by atoms with Gasteiger partial charge in [-0.25, -0.2) is 4.79 Å². The molecule has 0 bridgehead atoms. The van der Waals surface area contributed by atoms with E-state index in [1.54, 1.807) is 0 Å². The second kappa shape index (κ2) is 5.67. The van der Waals surface area contributed by atoms with Gasteiger partial charge in [0, 0.05) is 0 Å². The summed E-state index contributed by atoms with van der Waals surface area (Å²) in [5, 5.41) is 0. The van der Waals surface area contributed by atoms with Crippen molar-refractivity contribution in [1.29, 1.82) is 0 Å². The Kier molecular flexibility index (Phi) is 3.97. The first-order chi connectivity index (χ1) is 8.31. The van der Waals surface area contributed by atoms with E-state index in [-0.39, 0.29) is 5.97 Å². The van der Waals surface area contributed by atoms with E-state index < -0.39 is 0 Å². The Balaban J connectivity index is 2.17. The van der Waals surface area contributed by atoms with Crippen molar-refractivity contribution in [2.75, 3.05) is 7.11 Å². The van der Waals surface area contributed by atoms with Crippen molar-refractivity contribution in [1.82, 2.24) is 0 Å². The number of ether oxygens (including phenoxy) is 1. The molecule has 1 aromatic carbocycles. The van der Waals surface area contributed by atoms with Gasteiger partial charge in [-0.2, -0.15) is 0 Å². The van der Waals surface area contributed by atoms with Crippen molar-refractivity contribution < 1.29 is 9.53 Å². The molecular weight excluding hydrogens is 212 g/mol. The van der Waals surface area contributed by atoms with Gasteiger partial charge in [0.2, 0.25) is 0 Å². The topological polar surface area (TPSA) is 26.3 Å². The van der Waals surface area contributed by atoms with Crippen molar-refractivity contribution >= 4 is 11.5 Å². The Morgan fingerprint density at radius 3 is 2.59 bits per heavy atom. The van der Waals surface area contributed by atoms with E-state index in [0.29, 0.717) is 5.56 Å². The minimum absolute atomic E-state index is 0.272. The number of hydrogen-bond acceptors (Lipinski definition) is 2. The third-order valence-corrected chi connectivity index (χ3v) is 3.22. The van der Waals surface area contributed by atoms with Gasteiger partial charge in [0.25, 0.3) is 0 Å². The molecule has 2 heteroatoms. The van der Waals surface area contributed by atoms with Gasteiger partial charge in [-0.1, -0.05) is 24.6 Å². The lowest BCUT2D eigenvalue weighted by Gasteiger charge is -2.06. The van der Waals surface area contributed by atoms with Crippen molar-refractivity contribution in [3.8, 4) is 0 Å². The summed E-state index contributed by atoms with van der Waals surface area (Å²) in [7, 11) is 1.41. The molecule has 0 heterocycles. The minimum Gasteiger partial charge on any atom is -0.465 e. The van der Waals surface area contributed by atoms with Crippen LogP contribution in [0.25, 0.3) is 5.57 Å². The standard InChI is InChI=1S/C15H18O2/c1-17-15(16)14-10-8-13(9-11-14)12-6-4-2-3-5-7-12/h6,8-11H,2-5,7H2,1H3. The maximum atomic E-state index is 11.3. The Morgan fingerprint density at radius 1 is 1.12 bits per heavy atom. The van der Waals surface area contributed by atoms with Gasteiger partial charge in [-0.3, -0.25) is 0 Å². The van der Waals surface area contributed by atoms with E-state index in [1.807, 2.05) is 24.3 Å². The van der Waals surface area contributed by atoms with E-state index >= 15 is 0 Å². The number of rotatable bonds is 2. The Hall–Kier alpha value is -1.57. The molecule has 0 saturated heterocycles. The normalized spacial score (nSPS) is 15.9. The number of esters is 1. The Bertz CT molecular complexity index is 415. The molecule has 1 aromatic rings. The van der Waals surface area contributed by atoms with E-state index in [0.717, 1.165) is 6.42 Å². The third-order valence-electron chi connectivity index (χ3n) is 3.22. The SMILES string of the molecule is COC(=O)c1ccc(C2=CCCCCC2)cc1. The predicted octanol–water partition coefficient (Wildman–Crippen LogP) is 3.82. The fraction of sp³-hybridized carbons (Fsp3) is 0.400. The van der Waals surface area contributed by atoms with Crippen LogP contribution in [-0.4, -0.2) is 13.1 Å². The first-order valence-corrected chi connectivity index (χ1v) is 6.19. The smallest absolute Gasteiger partial charge is 0.337 e. The Morgan fingerprint density at radius 2 is 1.88 bits per heavy atom. The molecule has 0 atom stereocenters. The summed E-state index contributed by atoms with van der Waals surface area (Å²) in [6.45, 7) is 0. The van der Waals surface area contributed by atoms with Crippen LogP contribution in [0.5, 0.6) is 0 Å². The highest BCUT2D eigenvalue weighted by Crippen LogP contribution is 2.26. The summed E-state index contributed by atoms with van der Waals surface area (Å²) < 4.78 is 4.69. The van der Waals surface area contributed by atoms with Crippen LogP contribution in [0.4, 0.5) is 0 Å². The van der Waals surface area contributed by atoms with Crippen LogP contribution in [-0.2, 0) is 4.74 Å². The summed E-state index contributed by atoms with van der Waals surface area (Å²) in [4.78, 5) is 11.3. The quantitative estimate of drug-likeness (QED) is 0.722. The number of allylic oxidation sites excluding steroid dienone is 2. The molecule has 17 heavy (non-hydrogen) atoms. The second-order valence-corrected chi connectivity index (χ2v) is 4.40. The lowest BCUT2D eigenvalue weighted by Crippen LogP contribution is -2.00. The van der Waals surface area contributed by atoms with E-state index in [2.05, 4.69) is 10.8 Å². The average Bonchev–Trinajstić information content (AvgIpc) is 2.67. The van der Waals surface area contributed by atoms with Gasteiger partial charge in [-0.05, 0) is 49.0 Å². The van der Waals surface area contributed by atoms with Crippen molar-refractivity contribution in [3.05, 3.63) is 41.5 Å². The number of methoxy groups -OCH3 is 1. The van der Waals surface area contributed by atoms with Gasteiger partial charge in [0.05, 0.1) is 12.7 Å². The van der Waals surface area contributed by atoms with Gasteiger partial charge in [0.15, 0.2) is 0 Å². The van der Waals surface area contributed by atoms with Gasteiger partial charge >= 0.3 is 5.97 Å². The minimum atomic E-state index is -0.272. The molecule has 0 amide bonds. The van der Waals surface area contributed by atoms with Crippen LogP contribution in [0, 0.1) is 0 Å². The van der Waals surface area contributed by atoms with Gasteiger partial charge < -0.3 is 4.74 Å². The molecule has 0 radical (unpaired) electrons. The van der Waals surface area contributed by atoms with Crippen molar-refractivity contribution in [3.63, 3.8) is 0 Å². The molecule has 0 saturated carbocycles. The molecule has 1 aliphatic carbocycles. The summed E-state index contributed by atoms with van der Waals surface area (Å²) >= 11 is 0. The highest BCUT2D eigenvalue weighted by Gasteiger charge is 2.08. The average molecular weight is 230 g/mol. The fourth-order valence-electron chi connectivity index (χ4n) is 2.22. The summed E-state index contributed by atoms with van der Waals surface area (Å²) in [5.41, 5.74) is 3.27. The monoisotopic (exact) mass is 230 g/mol. The Labute approximate surface area is 102 Å². The van der Waals surface area contributed by atoms with Crippen molar-refractivity contribution in [2.45, 2.75) is 32.1 Å². The molecule has 0 N–H and O–H groups in total. The maximum Gasteiger partial charge on any atom is 0.337 e. The predicted molar refractivity (Wildman–Crippen MR) is 68.8 cm³/mol. The lowest BCUT2D eigenvalue weighted by atomic mass is 10.00. The number of benzene rings is 1. The molecule has 2 nitrogen and oxygen atoms in total. The molecule has 90 valence electrons. The zero-order valence-electron chi connectivity index (χ0n) is 10.2. The summed E-state index contributed by atoms with van der Waals surface area (Å²) in [5.74, 6) is -0.272. The maximum absolute atomic E-state index is 11.3. The second-order valence-electron chi connectivity index (χ2n) is 4.40. The summed E-state index contributed by atoms with van der Waals surface area (Å²) in [6, 6.07) is 7.71. The van der Waals surface area contributed by atoms with Crippen LogP contribution < -0.4 is 0 Å². The molecule has 1 aliphatic rings. The zero-order valence-corrected chi connectivity index (χ0v) is 10.2. The van der Waals surface area contributed by atoms with Crippen molar-refractivity contribution in [2.24, 2.45) is 0 Å².